The van der Waals surface area contributed by atoms with Gasteiger partial charge in [0.25, 0.3) is 0 Å². The first kappa shape index (κ1) is 13.4. The summed E-state index contributed by atoms with van der Waals surface area (Å²) >= 11 is 1.63. The van der Waals surface area contributed by atoms with E-state index in [0.29, 0.717) is 6.42 Å². The molecule has 1 aliphatic carbocycles. The zero-order chi connectivity index (χ0) is 14.3. The largest absolute Gasteiger partial charge is 0.304 e. The molecule has 0 saturated carbocycles. The van der Waals surface area contributed by atoms with Crippen molar-refractivity contribution in [3.05, 3.63) is 41.9 Å². The van der Waals surface area contributed by atoms with Gasteiger partial charge in [0.05, 0.1) is 5.56 Å². The van der Waals surface area contributed by atoms with E-state index in [0.717, 1.165) is 28.4 Å². The second kappa shape index (κ2) is 4.77. The third kappa shape index (κ3) is 2.18. The Morgan fingerprint density at radius 3 is 2.75 bits per heavy atom. The summed E-state index contributed by atoms with van der Waals surface area (Å²) < 4.78 is 2.08. The monoisotopic (exact) mass is 286 g/mol. The fourth-order valence-electron chi connectivity index (χ4n) is 2.89. The van der Waals surface area contributed by atoms with Gasteiger partial charge in [0.1, 0.15) is 5.82 Å². The van der Waals surface area contributed by atoms with Crippen LogP contribution in [0.1, 0.15) is 36.3 Å². The molecule has 0 unspecified atom stereocenters. The summed E-state index contributed by atoms with van der Waals surface area (Å²) in [6.45, 7) is 4.31. The van der Waals surface area contributed by atoms with Crippen LogP contribution in [0.2, 0.25) is 0 Å². The Bertz CT molecular complexity index is 659. The van der Waals surface area contributed by atoms with E-state index < -0.39 is 0 Å². The summed E-state index contributed by atoms with van der Waals surface area (Å²) in [5.41, 5.74) is 2.03. The summed E-state index contributed by atoms with van der Waals surface area (Å²) in [5.74, 6) is 1.14. The molecule has 2 aromatic rings. The fourth-order valence-corrected chi connectivity index (χ4v) is 3.54. The number of nitrogens with zero attached hydrogens (tertiary/aromatic N) is 2. The van der Waals surface area contributed by atoms with E-state index in [4.69, 9.17) is 0 Å². The molecule has 20 heavy (non-hydrogen) atoms. The van der Waals surface area contributed by atoms with Gasteiger partial charge in [-0.3, -0.25) is 4.79 Å². The molecule has 104 valence electrons. The van der Waals surface area contributed by atoms with Gasteiger partial charge in [0, 0.05) is 29.4 Å². The van der Waals surface area contributed by atoms with E-state index in [9.17, 15) is 4.79 Å². The summed E-state index contributed by atoms with van der Waals surface area (Å²) in [6, 6.07) is 5.86. The highest BCUT2D eigenvalue weighted by molar-refractivity contribution is 7.98. The zero-order valence-corrected chi connectivity index (χ0v) is 12.8. The molecule has 2 aromatic heterocycles. The van der Waals surface area contributed by atoms with Crippen LogP contribution in [0.3, 0.4) is 0 Å². The number of aromatic nitrogens is 2. The molecular formula is C16H18N2OS. The van der Waals surface area contributed by atoms with Crippen LogP contribution >= 0.6 is 11.8 Å². The molecule has 0 aromatic carbocycles. The van der Waals surface area contributed by atoms with E-state index >= 15 is 0 Å². The van der Waals surface area contributed by atoms with Crippen molar-refractivity contribution in [3.8, 4) is 5.82 Å². The molecule has 0 saturated heterocycles. The molecular weight excluding hydrogens is 268 g/mol. The van der Waals surface area contributed by atoms with Crippen LogP contribution in [0, 0.1) is 5.41 Å². The highest BCUT2D eigenvalue weighted by atomic mass is 32.2. The Kier molecular flexibility index (Phi) is 3.21. The number of hydrogen-bond donors (Lipinski definition) is 0. The lowest BCUT2D eigenvalue weighted by molar-refractivity contribution is 0.0908. The first-order valence-electron chi connectivity index (χ1n) is 6.75. The van der Waals surface area contributed by atoms with E-state index in [-0.39, 0.29) is 11.2 Å². The highest BCUT2D eigenvalue weighted by Gasteiger charge is 2.35. The Balaban J connectivity index is 2.21. The minimum absolute atomic E-state index is 0.0185. The van der Waals surface area contributed by atoms with Crippen LogP contribution in [0.4, 0.5) is 0 Å². The fraction of sp³-hybridized carbons (Fsp3) is 0.375. The predicted molar refractivity (Wildman–Crippen MR) is 81.8 cm³/mol. The van der Waals surface area contributed by atoms with Crippen molar-refractivity contribution in [3.63, 3.8) is 0 Å². The van der Waals surface area contributed by atoms with E-state index in [2.05, 4.69) is 29.6 Å². The van der Waals surface area contributed by atoms with Crippen molar-refractivity contribution in [2.24, 2.45) is 5.41 Å². The third-order valence-electron chi connectivity index (χ3n) is 3.75. The normalized spacial score (nSPS) is 17.1. The van der Waals surface area contributed by atoms with Crippen LogP contribution in [0.25, 0.3) is 5.82 Å². The molecule has 1 aliphatic rings. The van der Waals surface area contributed by atoms with Crippen molar-refractivity contribution in [2.75, 3.05) is 6.26 Å². The number of ketones is 1. The number of carbonyl (C=O) groups excluding carboxylic acids is 1. The van der Waals surface area contributed by atoms with Crippen LogP contribution in [-0.2, 0) is 6.42 Å². The Hall–Kier alpha value is -1.55. The average molecular weight is 286 g/mol. The number of Topliss-reactive ketones (excluding diaryl/α,β-unsaturated/α-hetero) is 1. The lowest BCUT2D eigenvalue weighted by Crippen LogP contribution is -2.28. The van der Waals surface area contributed by atoms with Gasteiger partial charge in [-0.15, -0.1) is 11.8 Å². The molecule has 2 heterocycles. The molecule has 0 spiro atoms. The molecule has 3 rings (SSSR count). The molecule has 0 fully saturated rings. The van der Waals surface area contributed by atoms with Gasteiger partial charge in [0.2, 0.25) is 0 Å². The average Bonchev–Trinajstić information content (AvgIpc) is 2.77. The molecule has 0 radical (unpaired) electrons. The first-order chi connectivity index (χ1) is 9.52. The standard InChI is InChI=1S/C16H18N2OS/c1-16(2)8-11-15(12(19)9-16)13(20-3)10-18(11)14-6-4-5-7-17-14/h4-7,10H,8-9H2,1-3H3. The van der Waals surface area contributed by atoms with Crippen LogP contribution < -0.4 is 0 Å². The predicted octanol–water partition coefficient (Wildman–Crippen LogP) is 3.75. The smallest absolute Gasteiger partial charge is 0.166 e. The van der Waals surface area contributed by atoms with E-state index in [1.165, 1.54) is 0 Å². The second-order valence-electron chi connectivity index (χ2n) is 6.02. The SMILES string of the molecule is CSc1cn(-c2ccccn2)c2c1C(=O)CC(C)(C)C2. The molecule has 4 heteroatoms. The van der Waals surface area contributed by atoms with Gasteiger partial charge in [-0.2, -0.15) is 0 Å². The minimum atomic E-state index is 0.0185. The summed E-state index contributed by atoms with van der Waals surface area (Å²) in [5, 5.41) is 0. The highest BCUT2D eigenvalue weighted by Crippen LogP contribution is 2.40. The molecule has 0 aliphatic heterocycles. The summed E-state index contributed by atoms with van der Waals surface area (Å²) in [6.07, 6.45) is 7.39. The Morgan fingerprint density at radius 2 is 2.10 bits per heavy atom. The van der Waals surface area contributed by atoms with Crippen LogP contribution in [0.15, 0.2) is 35.5 Å². The summed E-state index contributed by atoms with van der Waals surface area (Å²) in [4.78, 5) is 18.0. The maximum atomic E-state index is 12.5. The van der Waals surface area contributed by atoms with Crippen LogP contribution in [0.5, 0.6) is 0 Å². The number of carbonyl (C=O) groups is 1. The number of pyridine rings is 1. The minimum Gasteiger partial charge on any atom is -0.304 e. The number of thioether (sulfide) groups is 1. The third-order valence-corrected chi connectivity index (χ3v) is 4.50. The number of fused-ring (bicyclic) bond motifs is 1. The van der Waals surface area contributed by atoms with Crippen molar-refractivity contribution < 1.29 is 4.79 Å². The lowest BCUT2D eigenvalue weighted by Gasteiger charge is -2.29. The van der Waals surface area contributed by atoms with Crippen molar-refractivity contribution in [1.29, 1.82) is 0 Å². The van der Waals surface area contributed by atoms with Gasteiger partial charge in [-0.1, -0.05) is 19.9 Å². The maximum absolute atomic E-state index is 12.5. The van der Waals surface area contributed by atoms with Crippen molar-refractivity contribution >= 4 is 17.5 Å². The molecule has 0 N–H and O–H groups in total. The second-order valence-corrected chi connectivity index (χ2v) is 6.87. The quantitative estimate of drug-likeness (QED) is 0.789. The van der Waals surface area contributed by atoms with Crippen LogP contribution in [-0.4, -0.2) is 21.6 Å². The van der Waals surface area contributed by atoms with Gasteiger partial charge in [-0.05, 0) is 30.2 Å². The number of hydrogen-bond acceptors (Lipinski definition) is 3. The first-order valence-corrected chi connectivity index (χ1v) is 7.97. The molecule has 0 amide bonds. The molecule has 3 nitrogen and oxygen atoms in total. The molecule has 0 bridgehead atoms. The zero-order valence-electron chi connectivity index (χ0n) is 12.0. The van der Waals surface area contributed by atoms with Crippen molar-refractivity contribution in [1.82, 2.24) is 9.55 Å². The topological polar surface area (TPSA) is 34.9 Å². The lowest BCUT2D eigenvalue weighted by atomic mass is 9.76. The van der Waals surface area contributed by atoms with Gasteiger partial charge in [-0.25, -0.2) is 4.98 Å². The molecule has 0 atom stereocenters. The Labute approximate surface area is 123 Å². The van der Waals surface area contributed by atoms with Gasteiger partial charge < -0.3 is 4.57 Å². The van der Waals surface area contributed by atoms with Gasteiger partial charge in [0.15, 0.2) is 5.78 Å². The van der Waals surface area contributed by atoms with E-state index in [1.807, 2.05) is 24.5 Å². The van der Waals surface area contributed by atoms with E-state index in [1.54, 1.807) is 18.0 Å². The Morgan fingerprint density at radius 1 is 1.30 bits per heavy atom. The van der Waals surface area contributed by atoms with Crippen molar-refractivity contribution in [2.45, 2.75) is 31.6 Å². The maximum Gasteiger partial charge on any atom is 0.166 e. The number of rotatable bonds is 2. The van der Waals surface area contributed by atoms with Gasteiger partial charge >= 0.3 is 0 Å². The summed E-state index contributed by atoms with van der Waals surface area (Å²) in [7, 11) is 0.